The molecule has 0 aromatic heterocycles. The zero-order valence-electron chi connectivity index (χ0n) is 70.9. The monoisotopic (exact) mass is 1030 g/mol. The number of nitrogens with zero attached hydrogens (tertiary/aromatic N) is 1. The molecule has 366 valence electrons. The van der Waals surface area contributed by atoms with Crippen LogP contribution in [-0.4, -0.2) is 0 Å². The van der Waals surface area contributed by atoms with Crippen LogP contribution >= 0.6 is 0 Å². The summed E-state index contributed by atoms with van der Waals surface area (Å²) in [7, 11) is 0. The van der Waals surface area contributed by atoms with Crippen molar-refractivity contribution in [2.75, 3.05) is 4.90 Å². The van der Waals surface area contributed by atoms with Crippen LogP contribution in [0.1, 0.15) is 85.6 Å². The normalized spacial score (nSPS) is 19.1. The second-order valence-corrected chi connectivity index (χ2v) is 19.5. The summed E-state index contributed by atoms with van der Waals surface area (Å²) in [4.78, 5) is 0.922. The van der Waals surface area contributed by atoms with Crippen LogP contribution in [0.5, 0.6) is 0 Å². The Labute approximate surface area is 502 Å². The van der Waals surface area contributed by atoms with E-state index in [1.54, 1.807) is 12.1 Å². The van der Waals surface area contributed by atoms with Crippen LogP contribution in [0.25, 0.3) is 88.7 Å². The second kappa shape index (κ2) is 16.7. The molecule has 1 nitrogen and oxygen atoms in total. The molecule has 0 fully saturated rings. The molecule has 0 aliphatic heterocycles. The summed E-state index contributed by atoms with van der Waals surface area (Å²) in [5.74, 6) is 0. The molecule has 0 saturated carbocycles. The first-order valence-corrected chi connectivity index (χ1v) is 25.2. The fraction of sp³-hybridized carbons (Fsp3) is 0.0256. The SMILES string of the molecule is [2H]c1c([2H])c([2H])c2c(c1[2H])-c1c([2H])c([2H])c([2H])c([2H])c1C21c2c([2H])c([2H])c([2H])c([2H])c2-c2c([2H])c([2H])c(N(c3ccc(-c4ccc5ccccc5c4-c4ccc(-c5ccccc5)cc4)cc3)c3c([2H])c([2H])c4c(c3[2H])C3(c5c([2H])c([2H])c([2H])c([2H])c5-c5c([2H])c([2H])c([2H])c([2H])c53)c3c([2H])c([2H])c([2H])c([2H])c3-4)c([2H])c21. The van der Waals surface area contributed by atoms with Gasteiger partial charge in [0.15, 0.2) is 0 Å². The Morgan fingerprint density at radius 1 is 0.253 bits per heavy atom. The first kappa shape index (κ1) is 24.1. The third-order valence-corrected chi connectivity index (χ3v) is 15.8. The first-order chi connectivity index (χ1) is 51.7. The number of fused-ring (bicyclic) bond motifs is 21. The predicted molar refractivity (Wildman–Crippen MR) is 328 cm³/mol. The van der Waals surface area contributed by atoms with Crippen molar-refractivity contribution in [2.45, 2.75) is 10.8 Å². The molecule has 0 amide bonds. The van der Waals surface area contributed by atoms with Gasteiger partial charge in [-0.3, -0.25) is 0 Å². The lowest BCUT2D eigenvalue weighted by atomic mass is 9.70. The van der Waals surface area contributed by atoms with Crippen molar-refractivity contribution in [3.63, 3.8) is 0 Å². The van der Waals surface area contributed by atoms with E-state index in [0.29, 0.717) is 11.1 Å². The van der Waals surface area contributed by atoms with Crippen LogP contribution in [0.15, 0.2) is 297 Å². The summed E-state index contributed by atoms with van der Waals surface area (Å²) < 4.78 is 292. The summed E-state index contributed by atoms with van der Waals surface area (Å²) in [6, 6.07) is 6.42. The molecule has 17 rings (SSSR count). The van der Waals surface area contributed by atoms with Gasteiger partial charge in [0.05, 0.1) is 52.0 Å². The minimum atomic E-state index is -2.94. The largest absolute Gasteiger partial charge is 0.310 e. The maximum absolute atomic E-state index is 11.2. The Morgan fingerprint density at radius 3 is 1.08 bits per heavy atom. The quantitative estimate of drug-likeness (QED) is 0.160. The molecule has 4 aliphatic rings. The highest BCUT2D eigenvalue weighted by molar-refractivity contribution is 6.05. The van der Waals surface area contributed by atoms with Gasteiger partial charge in [-0.25, -0.2) is 0 Å². The van der Waals surface area contributed by atoms with Crippen LogP contribution in [0, 0.1) is 0 Å². The van der Waals surface area contributed by atoms with Crippen molar-refractivity contribution in [1.82, 2.24) is 0 Å². The fourth-order valence-corrected chi connectivity index (χ4v) is 12.6. The molecule has 1 heteroatoms. The first-order valence-electron chi connectivity index (χ1n) is 40.2. The molecule has 13 aromatic carbocycles. The van der Waals surface area contributed by atoms with Crippen LogP contribution in [-0.2, 0) is 10.8 Å². The zero-order valence-corrected chi connectivity index (χ0v) is 40.9. The molecule has 0 saturated heterocycles. The standard InChI is InChI=1S/C78H49N/c1-2-18-50(19-3-1)51-34-36-54(37-35-51)76-58-21-5-4-20-52(58)40-45-59(76)53-38-41-55(42-39-53)79(56-43-46-66-64-26-10-16-32-72(64)77(74(66)48-56)68-28-12-6-22-60(68)61-23-7-13-29-69(61)77)57-44-47-67-65-27-11-17-33-73(65)78(75(67)49-57)70-30-14-8-24-62(70)63-25-9-15-31-71(63)78/h1-49H/i6D,7D,8D,9D,10D,11D,12D,13D,14D,15D,16D,17D,22D,23D,24D,25D,26D,27D,28D,29D,30D,31D,32D,33D,43D,44D,46D,47D,48D,49D. The second-order valence-electron chi connectivity index (χ2n) is 19.5. The molecule has 0 unspecified atom stereocenters. The number of benzene rings is 13. The number of hydrogen-bond acceptors (Lipinski definition) is 1. The number of hydrogen-bond donors (Lipinski definition) is 0. The average molecular weight is 1030 g/mol. The molecule has 0 atom stereocenters. The lowest BCUT2D eigenvalue weighted by Gasteiger charge is -2.33. The Balaban J connectivity index is 1.05. The van der Waals surface area contributed by atoms with E-state index in [4.69, 9.17) is 8.22 Å². The topological polar surface area (TPSA) is 3.24 Å². The Bertz CT molecular complexity index is 5990. The van der Waals surface area contributed by atoms with Crippen LogP contribution in [0.4, 0.5) is 17.1 Å². The number of rotatable bonds is 6. The molecule has 13 aromatic rings. The maximum Gasteiger partial charge on any atom is 0.0726 e. The summed E-state index contributed by atoms with van der Waals surface area (Å²) >= 11 is 0. The van der Waals surface area contributed by atoms with Crippen molar-refractivity contribution in [1.29, 1.82) is 0 Å². The van der Waals surface area contributed by atoms with Gasteiger partial charge in [-0.15, -0.1) is 0 Å². The van der Waals surface area contributed by atoms with Crippen LogP contribution in [0.3, 0.4) is 0 Å². The Morgan fingerprint density at radius 2 is 0.620 bits per heavy atom. The highest BCUT2D eigenvalue weighted by Crippen LogP contribution is 2.65. The average Bonchev–Trinajstić information content (AvgIpc) is 1.48. The smallest absolute Gasteiger partial charge is 0.0726 e. The summed E-state index contributed by atoms with van der Waals surface area (Å²) in [6.45, 7) is 0. The number of anilines is 3. The highest BCUT2D eigenvalue weighted by atomic mass is 15.1. The van der Waals surface area contributed by atoms with Crippen LogP contribution in [0.2, 0.25) is 0 Å². The molecule has 0 bridgehead atoms. The molecular formula is C78H49N. The van der Waals surface area contributed by atoms with E-state index >= 15 is 0 Å². The minimum Gasteiger partial charge on any atom is -0.310 e. The summed E-state index contributed by atoms with van der Waals surface area (Å²) in [6.07, 6.45) is 0. The van der Waals surface area contributed by atoms with Crippen LogP contribution < -0.4 is 4.90 Å². The lowest BCUT2D eigenvalue weighted by molar-refractivity contribution is 0.792. The van der Waals surface area contributed by atoms with E-state index in [-0.39, 0.29) is 5.69 Å². The van der Waals surface area contributed by atoms with Gasteiger partial charge in [0.2, 0.25) is 0 Å². The van der Waals surface area contributed by atoms with Crippen molar-refractivity contribution in [3.8, 4) is 77.9 Å². The molecule has 0 heterocycles. The van der Waals surface area contributed by atoms with Crippen molar-refractivity contribution in [2.24, 2.45) is 0 Å². The fourth-order valence-electron chi connectivity index (χ4n) is 12.6. The lowest BCUT2D eigenvalue weighted by Crippen LogP contribution is -2.26. The van der Waals surface area contributed by atoms with E-state index in [2.05, 4.69) is 0 Å². The van der Waals surface area contributed by atoms with E-state index in [9.17, 15) is 32.9 Å². The predicted octanol–water partition coefficient (Wildman–Crippen LogP) is 20.0. The molecule has 0 N–H and O–H groups in total. The van der Waals surface area contributed by atoms with E-state index in [0.717, 1.165) is 37.9 Å². The molecule has 79 heavy (non-hydrogen) atoms. The van der Waals surface area contributed by atoms with Gasteiger partial charge in [0.1, 0.15) is 0 Å². The van der Waals surface area contributed by atoms with Gasteiger partial charge >= 0.3 is 0 Å². The van der Waals surface area contributed by atoms with Gasteiger partial charge in [-0.05, 0) is 169 Å². The Kier molecular flexibility index (Phi) is 5.09. The van der Waals surface area contributed by atoms with Gasteiger partial charge in [-0.1, -0.05) is 260 Å². The third kappa shape index (κ3) is 5.99. The molecule has 4 aliphatic carbocycles. The van der Waals surface area contributed by atoms with E-state index in [1.165, 1.54) is 12.1 Å². The summed E-state index contributed by atoms with van der Waals surface area (Å²) in [5, 5.41) is 1.68. The van der Waals surface area contributed by atoms with Gasteiger partial charge in [0.25, 0.3) is 0 Å². The maximum atomic E-state index is 11.2. The van der Waals surface area contributed by atoms with Crippen molar-refractivity contribution >= 4 is 27.8 Å². The van der Waals surface area contributed by atoms with E-state index < -0.39 is 292 Å². The van der Waals surface area contributed by atoms with Gasteiger partial charge < -0.3 is 4.90 Å². The third-order valence-electron chi connectivity index (χ3n) is 15.8. The Hall–Kier alpha value is -10.1. The summed E-state index contributed by atoms with van der Waals surface area (Å²) in [5.41, 5.74) is -13.6. The van der Waals surface area contributed by atoms with Gasteiger partial charge in [-0.2, -0.15) is 0 Å². The minimum absolute atomic E-state index is 0.254. The zero-order chi connectivity index (χ0) is 77.9. The molecule has 2 spiro atoms. The molecular weight excluding hydrogens is 951 g/mol. The van der Waals surface area contributed by atoms with Gasteiger partial charge in [0, 0.05) is 17.1 Å². The van der Waals surface area contributed by atoms with Crippen molar-refractivity contribution in [3.05, 3.63) is 341 Å². The highest BCUT2D eigenvalue weighted by Gasteiger charge is 2.53. The van der Waals surface area contributed by atoms with E-state index in [1.807, 2.05) is 91.0 Å². The van der Waals surface area contributed by atoms with Crippen molar-refractivity contribution < 1.29 is 41.1 Å². The molecule has 0 radical (unpaired) electrons.